The smallest absolute Gasteiger partial charge is 0.231 e. The van der Waals surface area contributed by atoms with Crippen LogP contribution in [0.1, 0.15) is 36.4 Å². The van der Waals surface area contributed by atoms with Crippen LogP contribution in [0.25, 0.3) is 0 Å². The minimum absolute atomic E-state index is 0.129. The minimum atomic E-state index is -0.334. The number of hydrogen-bond acceptors (Lipinski definition) is 3. The number of nitrogens with two attached hydrogens (primary N) is 1. The molecular weight excluding hydrogens is 257 g/mol. The number of halogens is 1. The molecule has 2 heterocycles. The summed E-state index contributed by atoms with van der Waals surface area (Å²) in [7, 11) is 2.04. The van der Waals surface area contributed by atoms with Crippen molar-refractivity contribution in [3.8, 4) is 0 Å². The molecule has 108 valence electrons. The SMILES string of the molecule is CC1C(=O)Nc2c(F)cc(C3CC(CN)CN3C)cc21. The van der Waals surface area contributed by atoms with Crippen LogP contribution in [-0.4, -0.2) is 30.9 Å². The van der Waals surface area contributed by atoms with E-state index in [1.807, 2.05) is 20.0 Å². The fourth-order valence-corrected chi connectivity index (χ4v) is 3.35. The lowest BCUT2D eigenvalue weighted by Gasteiger charge is -2.20. The van der Waals surface area contributed by atoms with Crippen LogP contribution in [0.3, 0.4) is 0 Å². The van der Waals surface area contributed by atoms with Crippen molar-refractivity contribution < 1.29 is 9.18 Å². The molecule has 3 rings (SSSR count). The maximum atomic E-state index is 14.2. The molecule has 1 amide bonds. The molecule has 1 aromatic rings. The van der Waals surface area contributed by atoms with Gasteiger partial charge in [0, 0.05) is 12.6 Å². The van der Waals surface area contributed by atoms with Crippen LogP contribution in [0, 0.1) is 11.7 Å². The molecule has 3 atom stereocenters. The summed E-state index contributed by atoms with van der Waals surface area (Å²) in [6.45, 7) is 3.41. The average Bonchev–Trinajstić information content (AvgIpc) is 2.93. The van der Waals surface area contributed by atoms with E-state index in [1.165, 1.54) is 0 Å². The molecule has 0 bridgehead atoms. The van der Waals surface area contributed by atoms with Crippen LogP contribution in [0.5, 0.6) is 0 Å². The fraction of sp³-hybridized carbons (Fsp3) is 0.533. The van der Waals surface area contributed by atoms with E-state index in [-0.39, 0.29) is 23.7 Å². The van der Waals surface area contributed by atoms with Gasteiger partial charge >= 0.3 is 0 Å². The van der Waals surface area contributed by atoms with E-state index in [1.54, 1.807) is 6.07 Å². The van der Waals surface area contributed by atoms with Crippen LogP contribution in [0.4, 0.5) is 10.1 Å². The first-order valence-corrected chi connectivity index (χ1v) is 7.05. The van der Waals surface area contributed by atoms with Gasteiger partial charge in [-0.05, 0) is 50.0 Å². The number of carbonyl (C=O) groups is 1. The molecule has 4 nitrogen and oxygen atoms in total. The molecule has 2 aliphatic rings. The summed E-state index contributed by atoms with van der Waals surface area (Å²) in [5.74, 6) is -0.287. The van der Waals surface area contributed by atoms with Crippen molar-refractivity contribution in [2.45, 2.75) is 25.3 Å². The van der Waals surface area contributed by atoms with Crippen LogP contribution < -0.4 is 11.1 Å². The van der Waals surface area contributed by atoms with E-state index in [0.717, 1.165) is 24.1 Å². The number of anilines is 1. The number of nitrogens with one attached hydrogen (secondary N) is 1. The number of fused-ring (bicyclic) bond motifs is 1. The van der Waals surface area contributed by atoms with Crippen molar-refractivity contribution in [3.05, 3.63) is 29.1 Å². The zero-order valence-electron chi connectivity index (χ0n) is 11.8. The normalized spacial score (nSPS) is 29.6. The van der Waals surface area contributed by atoms with Crippen molar-refractivity contribution >= 4 is 11.6 Å². The largest absolute Gasteiger partial charge is 0.330 e. The van der Waals surface area contributed by atoms with Crippen LogP contribution in [-0.2, 0) is 4.79 Å². The summed E-state index contributed by atoms with van der Waals surface area (Å²) < 4.78 is 14.2. The van der Waals surface area contributed by atoms with Gasteiger partial charge in [0.15, 0.2) is 0 Å². The summed E-state index contributed by atoms with van der Waals surface area (Å²) in [6, 6.07) is 3.71. The number of amides is 1. The third kappa shape index (κ3) is 2.01. The lowest BCUT2D eigenvalue weighted by molar-refractivity contribution is -0.116. The third-order valence-corrected chi connectivity index (χ3v) is 4.60. The Kier molecular flexibility index (Phi) is 3.26. The van der Waals surface area contributed by atoms with E-state index >= 15 is 0 Å². The quantitative estimate of drug-likeness (QED) is 0.867. The van der Waals surface area contributed by atoms with E-state index in [9.17, 15) is 9.18 Å². The standard InChI is InChI=1S/C15H20FN3O/c1-8-11-4-10(5-12(16)14(11)18-15(8)20)13-3-9(6-17)7-19(13)2/h4-5,8-9,13H,3,6-7,17H2,1-2H3,(H,18,20). The van der Waals surface area contributed by atoms with Gasteiger partial charge in [-0.2, -0.15) is 0 Å². The number of rotatable bonds is 2. The van der Waals surface area contributed by atoms with Gasteiger partial charge in [-0.15, -0.1) is 0 Å². The second kappa shape index (κ2) is 4.82. The first kappa shape index (κ1) is 13.5. The Bertz CT molecular complexity index is 560. The molecule has 2 aliphatic heterocycles. The zero-order chi connectivity index (χ0) is 14.4. The Labute approximate surface area is 118 Å². The van der Waals surface area contributed by atoms with Crippen molar-refractivity contribution in [2.24, 2.45) is 11.7 Å². The van der Waals surface area contributed by atoms with Crippen LogP contribution >= 0.6 is 0 Å². The molecule has 1 fully saturated rings. The van der Waals surface area contributed by atoms with Crippen LogP contribution in [0.15, 0.2) is 12.1 Å². The lowest BCUT2D eigenvalue weighted by Crippen LogP contribution is -2.20. The Hall–Kier alpha value is -1.46. The molecule has 1 saturated heterocycles. The summed E-state index contributed by atoms with van der Waals surface area (Å²) in [6.07, 6.45) is 0.945. The monoisotopic (exact) mass is 277 g/mol. The Morgan fingerprint density at radius 2 is 2.25 bits per heavy atom. The summed E-state index contributed by atoms with van der Waals surface area (Å²) in [5.41, 5.74) is 7.81. The van der Waals surface area contributed by atoms with Crippen molar-refractivity contribution in [1.29, 1.82) is 0 Å². The molecule has 0 aromatic heterocycles. The Balaban J connectivity index is 1.97. The number of benzene rings is 1. The van der Waals surface area contributed by atoms with Gasteiger partial charge in [0.1, 0.15) is 5.82 Å². The summed E-state index contributed by atoms with van der Waals surface area (Å²) in [4.78, 5) is 13.9. The van der Waals surface area contributed by atoms with Gasteiger partial charge in [0.05, 0.1) is 11.6 Å². The molecule has 20 heavy (non-hydrogen) atoms. The topological polar surface area (TPSA) is 58.4 Å². The maximum absolute atomic E-state index is 14.2. The Morgan fingerprint density at radius 3 is 2.90 bits per heavy atom. The van der Waals surface area contributed by atoms with Gasteiger partial charge in [-0.1, -0.05) is 6.07 Å². The van der Waals surface area contributed by atoms with E-state index in [4.69, 9.17) is 5.73 Å². The molecular formula is C15H20FN3O. The average molecular weight is 277 g/mol. The Morgan fingerprint density at radius 1 is 1.50 bits per heavy atom. The molecule has 0 saturated carbocycles. The third-order valence-electron chi connectivity index (χ3n) is 4.60. The van der Waals surface area contributed by atoms with Crippen molar-refractivity contribution in [3.63, 3.8) is 0 Å². The molecule has 0 spiro atoms. The predicted octanol–water partition coefficient (Wildman–Crippen LogP) is 1.83. The second-order valence-corrected chi connectivity index (χ2v) is 5.97. The van der Waals surface area contributed by atoms with E-state index in [0.29, 0.717) is 18.2 Å². The highest BCUT2D eigenvalue weighted by Gasteiger charge is 2.34. The first-order chi connectivity index (χ1) is 9.51. The number of likely N-dealkylation sites (tertiary alicyclic amines) is 1. The molecule has 0 radical (unpaired) electrons. The summed E-state index contributed by atoms with van der Waals surface area (Å²) in [5, 5.41) is 2.62. The van der Waals surface area contributed by atoms with Gasteiger partial charge in [0.2, 0.25) is 5.91 Å². The highest BCUT2D eigenvalue weighted by molar-refractivity contribution is 6.02. The highest BCUT2D eigenvalue weighted by atomic mass is 19.1. The van der Waals surface area contributed by atoms with Crippen LogP contribution in [0.2, 0.25) is 0 Å². The van der Waals surface area contributed by atoms with Crippen molar-refractivity contribution in [2.75, 3.05) is 25.5 Å². The minimum Gasteiger partial charge on any atom is -0.330 e. The van der Waals surface area contributed by atoms with Gasteiger partial charge in [-0.3, -0.25) is 9.69 Å². The predicted molar refractivity (Wildman–Crippen MR) is 76.0 cm³/mol. The molecule has 3 unspecified atom stereocenters. The first-order valence-electron chi connectivity index (χ1n) is 7.05. The summed E-state index contributed by atoms with van der Waals surface area (Å²) >= 11 is 0. The van der Waals surface area contributed by atoms with Gasteiger partial charge in [-0.25, -0.2) is 4.39 Å². The molecule has 3 N–H and O–H groups in total. The van der Waals surface area contributed by atoms with Gasteiger partial charge < -0.3 is 11.1 Å². The number of carbonyl (C=O) groups excluding carboxylic acids is 1. The maximum Gasteiger partial charge on any atom is 0.231 e. The second-order valence-electron chi connectivity index (χ2n) is 5.97. The van der Waals surface area contributed by atoms with Gasteiger partial charge in [0.25, 0.3) is 0 Å². The highest BCUT2D eigenvalue weighted by Crippen LogP contribution is 2.40. The number of hydrogen-bond donors (Lipinski definition) is 2. The van der Waals surface area contributed by atoms with E-state index < -0.39 is 0 Å². The van der Waals surface area contributed by atoms with E-state index in [2.05, 4.69) is 10.2 Å². The lowest BCUT2D eigenvalue weighted by atomic mass is 9.94. The zero-order valence-corrected chi connectivity index (χ0v) is 11.8. The molecule has 0 aliphatic carbocycles. The molecule has 1 aromatic carbocycles. The number of nitrogens with zero attached hydrogens (tertiary/aromatic N) is 1. The van der Waals surface area contributed by atoms with Crippen molar-refractivity contribution in [1.82, 2.24) is 4.90 Å². The molecule has 5 heteroatoms. The fourth-order valence-electron chi connectivity index (χ4n) is 3.35.